The van der Waals surface area contributed by atoms with Crippen molar-refractivity contribution in [3.63, 3.8) is 0 Å². The fourth-order valence-electron chi connectivity index (χ4n) is 2.40. The standard InChI is InChI=1S/C18H25NO/c1-5-17-10-16(7-6-15(17)4)13-20-18-8-9-19(12-18)11-14(2)3/h6-10,12,14H,5,11,13H2,1-4H3. The zero-order valence-electron chi connectivity index (χ0n) is 13.0. The summed E-state index contributed by atoms with van der Waals surface area (Å²) in [6.07, 6.45) is 5.24. The van der Waals surface area contributed by atoms with Crippen molar-refractivity contribution < 1.29 is 4.74 Å². The molecule has 2 heteroatoms. The Kier molecular flexibility index (Phi) is 4.89. The van der Waals surface area contributed by atoms with E-state index in [9.17, 15) is 0 Å². The van der Waals surface area contributed by atoms with Crippen LogP contribution in [0.5, 0.6) is 5.75 Å². The molecule has 20 heavy (non-hydrogen) atoms. The minimum atomic E-state index is 0.638. The van der Waals surface area contributed by atoms with Gasteiger partial charge in [0.1, 0.15) is 12.4 Å². The molecule has 2 aromatic rings. The first-order valence-corrected chi connectivity index (χ1v) is 7.45. The van der Waals surface area contributed by atoms with Gasteiger partial charge in [0.15, 0.2) is 0 Å². The van der Waals surface area contributed by atoms with Gasteiger partial charge in [0.25, 0.3) is 0 Å². The van der Waals surface area contributed by atoms with E-state index in [0.717, 1.165) is 18.7 Å². The molecule has 0 N–H and O–H groups in total. The van der Waals surface area contributed by atoms with Crippen LogP contribution in [0.3, 0.4) is 0 Å². The molecular formula is C18H25NO. The molecule has 0 aliphatic heterocycles. The fourth-order valence-corrected chi connectivity index (χ4v) is 2.40. The lowest BCUT2D eigenvalue weighted by atomic mass is 10.0. The summed E-state index contributed by atoms with van der Waals surface area (Å²) < 4.78 is 8.06. The van der Waals surface area contributed by atoms with Gasteiger partial charge in [-0.1, -0.05) is 39.0 Å². The molecule has 0 spiro atoms. The molecule has 0 saturated heterocycles. The number of rotatable bonds is 6. The lowest BCUT2D eigenvalue weighted by Gasteiger charge is -2.08. The van der Waals surface area contributed by atoms with E-state index >= 15 is 0 Å². The highest BCUT2D eigenvalue weighted by Crippen LogP contribution is 2.17. The normalized spacial score (nSPS) is 11.1. The van der Waals surface area contributed by atoms with Crippen molar-refractivity contribution in [2.75, 3.05) is 0 Å². The molecule has 0 amide bonds. The minimum absolute atomic E-state index is 0.638. The molecule has 0 aliphatic carbocycles. The summed E-state index contributed by atoms with van der Waals surface area (Å²) in [4.78, 5) is 0. The molecule has 0 radical (unpaired) electrons. The number of aryl methyl sites for hydroxylation is 2. The van der Waals surface area contributed by atoms with Crippen LogP contribution in [0.25, 0.3) is 0 Å². The number of aromatic nitrogens is 1. The Morgan fingerprint density at radius 2 is 2.00 bits per heavy atom. The van der Waals surface area contributed by atoms with Gasteiger partial charge in [-0.3, -0.25) is 0 Å². The number of benzene rings is 1. The Morgan fingerprint density at radius 3 is 2.70 bits per heavy atom. The number of hydrogen-bond acceptors (Lipinski definition) is 1. The molecule has 0 bridgehead atoms. The molecule has 0 atom stereocenters. The van der Waals surface area contributed by atoms with Crippen molar-refractivity contribution in [1.82, 2.24) is 4.57 Å². The van der Waals surface area contributed by atoms with E-state index in [4.69, 9.17) is 4.74 Å². The van der Waals surface area contributed by atoms with Gasteiger partial charge in [-0.25, -0.2) is 0 Å². The summed E-state index contributed by atoms with van der Waals surface area (Å²) in [6.45, 7) is 10.5. The van der Waals surface area contributed by atoms with E-state index < -0.39 is 0 Å². The Labute approximate surface area is 122 Å². The maximum atomic E-state index is 5.87. The molecule has 1 heterocycles. The van der Waals surface area contributed by atoms with Crippen LogP contribution in [0, 0.1) is 12.8 Å². The van der Waals surface area contributed by atoms with E-state index in [0.29, 0.717) is 12.5 Å². The molecular weight excluding hydrogens is 246 g/mol. The smallest absolute Gasteiger partial charge is 0.137 e. The molecule has 108 valence electrons. The van der Waals surface area contributed by atoms with Gasteiger partial charge in [0.2, 0.25) is 0 Å². The van der Waals surface area contributed by atoms with Crippen molar-refractivity contribution >= 4 is 0 Å². The molecule has 2 rings (SSSR count). The maximum absolute atomic E-state index is 5.87. The van der Waals surface area contributed by atoms with E-state index in [1.54, 1.807) is 0 Å². The van der Waals surface area contributed by atoms with Gasteiger partial charge in [-0.05, 0) is 42.0 Å². The van der Waals surface area contributed by atoms with Crippen LogP contribution in [0.1, 0.15) is 37.5 Å². The Morgan fingerprint density at radius 1 is 1.20 bits per heavy atom. The number of nitrogens with zero attached hydrogens (tertiary/aromatic N) is 1. The first kappa shape index (κ1) is 14.7. The van der Waals surface area contributed by atoms with Crippen LogP contribution in [0.4, 0.5) is 0 Å². The molecule has 0 saturated carbocycles. The predicted octanol–water partition coefficient (Wildman–Crippen LogP) is 4.59. The van der Waals surface area contributed by atoms with E-state index in [1.165, 1.54) is 16.7 Å². The van der Waals surface area contributed by atoms with Gasteiger partial charge in [-0.2, -0.15) is 0 Å². The largest absolute Gasteiger partial charge is 0.487 e. The Bertz CT molecular complexity index is 554. The predicted molar refractivity (Wildman–Crippen MR) is 84.2 cm³/mol. The second-order valence-corrected chi connectivity index (χ2v) is 5.84. The molecule has 0 fully saturated rings. The average Bonchev–Trinajstić information content (AvgIpc) is 2.84. The second-order valence-electron chi connectivity index (χ2n) is 5.84. The number of ether oxygens (including phenoxy) is 1. The van der Waals surface area contributed by atoms with Crippen molar-refractivity contribution in [2.24, 2.45) is 5.92 Å². The molecule has 1 aromatic heterocycles. The quantitative estimate of drug-likeness (QED) is 0.749. The Hall–Kier alpha value is -1.70. The fraction of sp³-hybridized carbons (Fsp3) is 0.444. The summed E-state index contributed by atoms with van der Waals surface area (Å²) >= 11 is 0. The topological polar surface area (TPSA) is 14.2 Å². The van der Waals surface area contributed by atoms with Crippen LogP contribution >= 0.6 is 0 Å². The first-order chi connectivity index (χ1) is 9.58. The number of hydrogen-bond donors (Lipinski definition) is 0. The highest BCUT2D eigenvalue weighted by Gasteiger charge is 2.02. The molecule has 0 aliphatic rings. The molecule has 2 nitrogen and oxygen atoms in total. The molecule has 1 aromatic carbocycles. The van der Waals surface area contributed by atoms with Crippen molar-refractivity contribution in [1.29, 1.82) is 0 Å². The highest BCUT2D eigenvalue weighted by molar-refractivity contribution is 5.31. The Balaban J connectivity index is 1.96. The van der Waals surface area contributed by atoms with Crippen molar-refractivity contribution in [3.8, 4) is 5.75 Å². The third-order valence-corrected chi connectivity index (χ3v) is 3.50. The van der Waals surface area contributed by atoms with Gasteiger partial charge in [0, 0.05) is 18.9 Å². The van der Waals surface area contributed by atoms with Gasteiger partial charge in [-0.15, -0.1) is 0 Å². The molecule has 0 unspecified atom stereocenters. The first-order valence-electron chi connectivity index (χ1n) is 7.45. The van der Waals surface area contributed by atoms with Crippen molar-refractivity contribution in [3.05, 3.63) is 53.3 Å². The lowest BCUT2D eigenvalue weighted by Crippen LogP contribution is -2.01. The van der Waals surface area contributed by atoms with Gasteiger partial charge >= 0.3 is 0 Å². The van der Waals surface area contributed by atoms with E-state index in [1.807, 2.05) is 6.07 Å². The zero-order valence-corrected chi connectivity index (χ0v) is 13.0. The lowest BCUT2D eigenvalue weighted by molar-refractivity contribution is 0.305. The summed E-state index contributed by atoms with van der Waals surface area (Å²) in [6, 6.07) is 8.62. The third kappa shape index (κ3) is 3.89. The minimum Gasteiger partial charge on any atom is -0.487 e. The van der Waals surface area contributed by atoms with Gasteiger partial charge in [0.05, 0.1) is 0 Å². The highest BCUT2D eigenvalue weighted by atomic mass is 16.5. The maximum Gasteiger partial charge on any atom is 0.137 e. The van der Waals surface area contributed by atoms with Crippen LogP contribution in [-0.2, 0) is 19.6 Å². The summed E-state index contributed by atoms with van der Waals surface area (Å²) in [5, 5.41) is 0. The monoisotopic (exact) mass is 271 g/mol. The summed E-state index contributed by atoms with van der Waals surface area (Å²) in [5.41, 5.74) is 4.01. The average molecular weight is 271 g/mol. The van der Waals surface area contributed by atoms with Crippen LogP contribution in [0.2, 0.25) is 0 Å². The van der Waals surface area contributed by atoms with Gasteiger partial charge < -0.3 is 9.30 Å². The van der Waals surface area contributed by atoms with E-state index in [-0.39, 0.29) is 0 Å². The summed E-state index contributed by atoms with van der Waals surface area (Å²) in [5.74, 6) is 1.60. The third-order valence-electron chi connectivity index (χ3n) is 3.50. The van der Waals surface area contributed by atoms with Crippen molar-refractivity contribution in [2.45, 2.75) is 47.3 Å². The van der Waals surface area contributed by atoms with Crippen LogP contribution in [0.15, 0.2) is 36.7 Å². The SMILES string of the molecule is CCc1cc(COc2ccn(CC(C)C)c2)ccc1C. The zero-order chi connectivity index (χ0) is 14.5. The van der Waals surface area contributed by atoms with E-state index in [2.05, 4.69) is 62.9 Å². The second kappa shape index (κ2) is 6.65. The van der Waals surface area contributed by atoms with Crippen LogP contribution in [-0.4, -0.2) is 4.57 Å². The summed E-state index contributed by atoms with van der Waals surface area (Å²) in [7, 11) is 0. The van der Waals surface area contributed by atoms with Crippen LogP contribution < -0.4 is 4.74 Å².